The quantitative estimate of drug-likeness (QED) is 0.443. The number of anilines is 1. The summed E-state index contributed by atoms with van der Waals surface area (Å²) in [5.74, 6) is 0. The van der Waals surface area contributed by atoms with Gasteiger partial charge in [0.15, 0.2) is 0 Å². The Kier molecular flexibility index (Phi) is 1.74. The van der Waals surface area contributed by atoms with E-state index in [0.717, 1.165) is 18.4 Å². The first-order chi connectivity index (χ1) is 6.53. The molecule has 0 atom stereocenters. The highest BCUT2D eigenvalue weighted by atomic mass is 16.6. The van der Waals surface area contributed by atoms with Crippen molar-refractivity contribution >= 4 is 11.4 Å². The molecule has 1 aromatic carbocycles. The summed E-state index contributed by atoms with van der Waals surface area (Å²) in [5, 5.41) is 10.6. The summed E-state index contributed by atoms with van der Waals surface area (Å²) in [7, 11) is 0. The van der Waals surface area contributed by atoms with Gasteiger partial charge in [0.2, 0.25) is 0 Å². The third kappa shape index (κ3) is 1.32. The third-order valence-electron chi connectivity index (χ3n) is 2.92. The Hall–Kier alpha value is -1.58. The molecule has 2 N–H and O–H groups in total. The molecule has 0 radical (unpaired) electrons. The van der Waals surface area contributed by atoms with E-state index >= 15 is 0 Å². The van der Waals surface area contributed by atoms with Gasteiger partial charge in [-0.1, -0.05) is 13.0 Å². The number of hydrogen-bond donors (Lipinski definition) is 1. The van der Waals surface area contributed by atoms with Crippen molar-refractivity contribution in [3.8, 4) is 0 Å². The SMILES string of the molecule is CC1(c2ccc(N)c([N+](=O)[O-])c2)CC1. The molecular weight excluding hydrogens is 180 g/mol. The molecule has 1 aliphatic rings. The first-order valence-corrected chi connectivity index (χ1v) is 4.57. The van der Waals surface area contributed by atoms with Gasteiger partial charge in [-0.05, 0) is 29.9 Å². The summed E-state index contributed by atoms with van der Waals surface area (Å²) in [5.41, 5.74) is 6.95. The number of nitro groups is 1. The van der Waals surface area contributed by atoms with E-state index in [1.807, 2.05) is 6.07 Å². The molecule has 0 amide bonds. The molecule has 1 saturated carbocycles. The van der Waals surface area contributed by atoms with E-state index in [1.165, 1.54) is 0 Å². The van der Waals surface area contributed by atoms with Gasteiger partial charge in [-0.3, -0.25) is 10.1 Å². The number of nitro benzene ring substituents is 1. The minimum atomic E-state index is -0.426. The molecule has 4 nitrogen and oxygen atoms in total. The molecule has 4 heteroatoms. The zero-order valence-electron chi connectivity index (χ0n) is 7.99. The zero-order chi connectivity index (χ0) is 10.3. The summed E-state index contributed by atoms with van der Waals surface area (Å²) in [6, 6.07) is 5.11. The Balaban J connectivity index is 2.46. The summed E-state index contributed by atoms with van der Waals surface area (Å²) in [6.07, 6.45) is 2.21. The van der Waals surface area contributed by atoms with Crippen LogP contribution >= 0.6 is 0 Å². The van der Waals surface area contributed by atoms with Gasteiger partial charge < -0.3 is 5.73 Å². The van der Waals surface area contributed by atoms with Crippen molar-refractivity contribution in [2.45, 2.75) is 25.2 Å². The van der Waals surface area contributed by atoms with Crippen LogP contribution in [0.3, 0.4) is 0 Å². The molecule has 74 valence electrons. The second-order valence-corrected chi connectivity index (χ2v) is 4.09. The molecule has 2 rings (SSSR count). The smallest absolute Gasteiger partial charge is 0.292 e. The first-order valence-electron chi connectivity index (χ1n) is 4.57. The molecule has 0 aromatic heterocycles. The molecule has 0 aliphatic heterocycles. The molecule has 14 heavy (non-hydrogen) atoms. The lowest BCUT2D eigenvalue weighted by Gasteiger charge is -2.08. The average molecular weight is 192 g/mol. The molecule has 0 spiro atoms. The molecule has 1 aliphatic carbocycles. The Labute approximate surface area is 81.9 Å². The van der Waals surface area contributed by atoms with Gasteiger partial charge in [0, 0.05) is 6.07 Å². The summed E-state index contributed by atoms with van der Waals surface area (Å²) in [4.78, 5) is 10.2. The van der Waals surface area contributed by atoms with Crippen LogP contribution in [-0.4, -0.2) is 4.92 Å². The normalized spacial score (nSPS) is 17.8. The molecule has 0 bridgehead atoms. The van der Waals surface area contributed by atoms with E-state index in [0.29, 0.717) is 0 Å². The van der Waals surface area contributed by atoms with Crippen molar-refractivity contribution in [3.05, 3.63) is 33.9 Å². The highest BCUT2D eigenvalue weighted by Crippen LogP contribution is 2.48. The molecule has 0 unspecified atom stereocenters. The number of nitrogens with zero attached hydrogens (tertiary/aromatic N) is 1. The van der Waals surface area contributed by atoms with E-state index in [-0.39, 0.29) is 16.8 Å². The van der Waals surface area contributed by atoms with Crippen LogP contribution in [0.5, 0.6) is 0 Å². The van der Waals surface area contributed by atoms with Crippen molar-refractivity contribution in [2.75, 3.05) is 5.73 Å². The fourth-order valence-electron chi connectivity index (χ4n) is 1.55. The van der Waals surface area contributed by atoms with Crippen molar-refractivity contribution in [2.24, 2.45) is 0 Å². The van der Waals surface area contributed by atoms with Crippen molar-refractivity contribution < 1.29 is 4.92 Å². The minimum Gasteiger partial charge on any atom is -0.393 e. The van der Waals surface area contributed by atoms with Gasteiger partial charge in [0.1, 0.15) is 5.69 Å². The fourth-order valence-corrected chi connectivity index (χ4v) is 1.55. The van der Waals surface area contributed by atoms with Gasteiger partial charge in [-0.15, -0.1) is 0 Å². The molecule has 1 aromatic rings. The Morgan fingerprint density at radius 3 is 2.64 bits per heavy atom. The molecule has 0 saturated heterocycles. The highest BCUT2D eigenvalue weighted by Gasteiger charge is 2.39. The predicted octanol–water partition coefficient (Wildman–Crippen LogP) is 2.23. The Morgan fingerprint density at radius 2 is 2.14 bits per heavy atom. The first kappa shape index (κ1) is 8.99. The number of benzene rings is 1. The average Bonchev–Trinajstić information content (AvgIpc) is 2.85. The van der Waals surface area contributed by atoms with E-state index in [4.69, 9.17) is 5.73 Å². The van der Waals surface area contributed by atoms with Crippen molar-refractivity contribution in [1.82, 2.24) is 0 Å². The summed E-state index contributed by atoms with van der Waals surface area (Å²) in [6.45, 7) is 2.11. The Morgan fingerprint density at radius 1 is 1.50 bits per heavy atom. The van der Waals surface area contributed by atoms with Gasteiger partial charge in [0.25, 0.3) is 5.69 Å². The summed E-state index contributed by atoms with van der Waals surface area (Å²) < 4.78 is 0. The third-order valence-corrected chi connectivity index (χ3v) is 2.92. The van der Waals surface area contributed by atoms with E-state index in [1.54, 1.807) is 12.1 Å². The fraction of sp³-hybridized carbons (Fsp3) is 0.400. The van der Waals surface area contributed by atoms with Crippen LogP contribution in [0.15, 0.2) is 18.2 Å². The lowest BCUT2D eigenvalue weighted by atomic mass is 9.97. The maximum absolute atomic E-state index is 10.6. The van der Waals surface area contributed by atoms with E-state index in [9.17, 15) is 10.1 Å². The van der Waals surface area contributed by atoms with E-state index < -0.39 is 4.92 Å². The summed E-state index contributed by atoms with van der Waals surface area (Å²) >= 11 is 0. The van der Waals surface area contributed by atoms with Crippen LogP contribution in [0.25, 0.3) is 0 Å². The minimum absolute atomic E-state index is 0.0237. The maximum atomic E-state index is 10.6. The van der Waals surface area contributed by atoms with Crippen LogP contribution in [0.4, 0.5) is 11.4 Å². The van der Waals surface area contributed by atoms with Gasteiger partial charge in [-0.2, -0.15) is 0 Å². The van der Waals surface area contributed by atoms with Crippen molar-refractivity contribution in [1.29, 1.82) is 0 Å². The van der Waals surface area contributed by atoms with Crippen molar-refractivity contribution in [3.63, 3.8) is 0 Å². The van der Waals surface area contributed by atoms with Crippen LogP contribution in [0.2, 0.25) is 0 Å². The number of nitrogens with two attached hydrogens (primary N) is 1. The topological polar surface area (TPSA) is 69.2 Å². The highest BCUT2D eigenvalue weighted by molar-refractivity contribution is 5.60. The standard InChI is InChI=1S/C10H12N2O2/c1-10(4-5-10)7-2-3-8(11)9(6-7)12(13)14/h2-3,6H,4-5,11H2,1H3. The van der Waals surface area contributed by atoms with E-state index in [2.05, 4.69) is 6.92 Å². The maximum Gasteiger partial charge on any atom is 0.292 e. The van der Waals surface area contributed by atoms with Gasteiger partial charge >= 0.3 is 0 Å². The number of nitrogen functional groups attached to an aromatic ring is 1. The second-order valence-electron chi connectivity index (χ2n) is 4.09. The Bertz CT molecular complexity index is 397. The molecular formula is C10H12N2O2. The zero-order valence-corrected chi connectivity index (χ0v) is 7.99. The number of hydrogen-bond acceptors (Lipinski definition) is 3. The monoisotopic (exact) mass is 192 g/mol. The molecule has 0 heterocycles. The van der Waals surface area contributed by atoms with Crippen LogP contribution in [0, 0.1) is 10.1 Å². The molecule has 1 fully saturated rings. The van der Waals surface area contributed by atoms with Gasteiger partial charge in [-0.25, -0.2) is 0 Å². The lowest BCUT2D eigenvalue weighted by Crippen LogP contribution is -2.02. The predicted molar refractivity (Wildman–Crippen MR) is 54.1 cm³/mol. The van der Waals surface area contributed by atoms with Gasteiger partial charge in [0.05, 0.1) is 4.92 Å². The van der Waals surface area contributed by atoms with Crippen LogP contribution in [0.1, 0.15) is 25.3 Å². The lowest BCUT2D eigenvalue weighted by molar-refractivity contribution is -0.384. The van der Waals surface area contributed by atoms with Crippen LogP contribution in [-0.2, 0) is 5.41 Å². The van der Waals surface area contributed by atoms with Crippen LogP contribution < -0.4 is 5.73 Å². The second kappa shape index (κ2) is 2.70. The largest absolute Gasteiger partial charge is 0.393 e. The number of rotatable bonds is 2.